The van der Waals surface area contributed by atoms with E-state index in [-0.39, 0.29) is 37.6 Å². The van der Waals surface area contributed by atoms with Crippen LogP contribution in [0.15, 0.2) is 21.9 Å². The van der Waals surface area contributed by atoms with Crippen LogP contribution in [0.3, 0.4) is 0 Å². The lowest BCUT2D eigenvalue weighted by molar-refractivity contribution is 0.0857. The summed E-state index contributed by atoms with van der Waals surface area (Å²) in [7, 11) is 0. The van der Waals surface area contributed by atoms with E-state index in [0.717, 1.165) is 4.57 Å². The van der Waals surface area contributed by atoms with E-state index < -0.39 is 0 Å². The van der Waals surface area contributed by atoms with Gasteiger partial charge < -0.3 is 14.4 Å². The molecule has 1 aromatic heterocycles. The van der Waals surface area contributed by atoms with Crippen LogP contribution in [0.25, 0.3) is 0 Å². The number of hydrogen-bond donors (Lipinski definition) is 1. The summed E-state index contributed by atoms with van der Waals surface area (Å²) < 4.78 is 7.59. The van der Waals surface area contributed by atoms with Crippen LogP contribution >= 0.6 is 0 Å². The Bertz CT molecular complexity index is 435. The Labute approximate surface area is 92.7 Å². The zero-order valence-corrected chi connectivity index (χ0v) is 9.26. The van der Waals surface area contributed by atoms with Crippen LogP contribution in [-0.2, 0) is 17.8 Å². The van der Waals surface area contributed by atoms with Gasteiger partial charge in [0.05, 0.1) is 26.4 Å². The Morgan fingerprint density at radius 2 is 2.12 bits per heavy atom. The zero-order valence-electron chi connectivity index (χ0n) is 9.26. The van der Waals surface area contributed by atoms with Crippen molar-refractivity contribution in [3.8, 4) is 0 Å². The molecule has 0 atom stereocenters. The molecule has 1 N–H and O–H groups in total. The Morgan fingerprint density at radius 1 is 1.38 bits per heavy atom. The number of hydrogen-bond acceptors (Lipinski definition) is 4. The number of rotatable bonds is 6. The summed E-state index contributed by atoms with van der Waals surface area (Å²) in [4.78, 5) is 23.1. The van der Waals surface area contributed by atoms with Gasteiger partial charge in [-0.15, -0.1) is 0 Å². The van der Waals surface area contributed by atoms with Gasteiger partial charge in [0.15, 0.2) is 0 Å². The molecule has 1 heterocycles. The van der Waals surface area contributed by atoms with Crippen LogP contribution in [0.5, 0.6) is 0 Å². The lowest BCUT2D eigenvalue weighted by Crippen LogP contribution is -2.39. The molecule has 0 aliphatic rings. The smallest absolute Gasteiger partial charge is 0.331 e. The average Bonchev–Trinajstić information content (AvgIpc) is 2.28. The van der Waals surface area contributed by atoms with Crippen molar-refractivity contribution in [3.63, 3.8) is 0 Å². The molecule has 0 spiro atoms. The lowest BCUT2D eigenvalue weighted by Gasteiger charge is -2.07. The van der Waals surface area contributed by atoms with E-state index >= 15 is 0 Å². The molecule has 0 aliphatic carbocycles. The van der Waals surface area contributed by atoms with Gasteiger partial charge in [-0.05, 0) is 6.92 Å². The summed E-state index contributed by atoms with van der Waals surface area (Å²) in [5, 5.41) is 8.50. The molecule has 0 amide bonds. The van der Waals surface area contributed by atoms with Crippen molar-refractivity contribution in [1.29, 1.82) is 0 Å². The fraction of sp³-hybridized carbons (Fsp3) is 0.600. The van der Waals surface area contributed by atoms with Gasteiger partial charge in [0.25, 0.3) is 5.56 Å². The van der Waals surface area contributed by atoms with Crippen molar-refractivity contribution in [3.05, 3.63) is 33.1 Å². The quantitative estimate of drug-likeness (QED) is 0.636. The van der Waals surface area contributed by atoms with Gasteiger partial charge in [-0.1, -0.05) is 0 Å². The van der Waals surface area contributed by atoms with E-state index in [1.165, 1.54) is 16.8 Å². The minimum Gasteiger partial charge on any atom is -0.394 e. The van der Waals surface area contributed by atoms with Crippen molar-refractivity contribution in [2.45, 2.75) is 20.0 Å². The van der Waals surface area contributed by atoms with E-state index in [0.29, 0.717) is 6.54 Å². The molecule has 0 fully saturated rings. The maximum Gasteiger partial charge on any atom is 0.331 e. The predicted octanol–water partition coefficient (Wildman–Crippen LogP) is -0.961. The van der Waals surface area contributed by atoms with E-state index in [9.17, 15) is 9.59 Å². The summed E-state index contributed by atoms with van der Waals surface area (Å²) >= 11 is 0. The fourth-order valence-corrected chi connectivity index (χ4v) is 1.33. The highest BCUT2D eigenvalue weighted by Crippen LogP contribution is 1.81. The van der Waals surface area contributed by atoms with Crippen LogP contribution in [-0.4, -0.2) is 34.1 Å². The Kier molecular flexibility index (Phi) is 4.94. The van der Waals surface area contributed by atoms with Crippen LogP contribution in [0.2, 0.25) is 0 Å². The first-order valence-electron chi connectivity index (χ1n) is 5.19. The lowest BCUT2D eigenvalue weighted by atomic mass is 10.5. The SMILES string of the molecule is CCn1ccc(=O)n(CCOCCO)c1=O. The van der Waals surface area contributed by atoms with Crippen LogP contribution in [0, 0.1) is 0 Å². The minimum absolute atomic E-state index is 0.0666. The molecule has 6 heteroatoms. The third-order valence-corrected chi connectivity index (χ3v) is 2.18. The molecule has 1 rings (SSSR count). The van der Waals surface area contributed by atoms with Crippen LogP contribution < -0.4 is 11.2 Å². The molecular formula is C10H16N2O4. The largest absolute Gasteiger partial charge is 0.394 e. The van der Waals surface area contributed by atoms with Crippen molar-refractivity contribution >= 4 is 0 Å². The monoisotopic (exact) mass is 228 g/mol. The topological polar surface area (TPSA) is 73.5 Å². The first-order valence-corrected chi connectivity index (χ1v) is 5.19. The normalized spacial score (nSPS) is 10.6. The van der Waals surface area contributed by atoms with Gasteiger partial charge >= 0.3 is 5.69 Å². The van der Waals surface area contributed by atoms with Crippen LogP contribution in [0.1, 0.15) is 6.92 Å². The summed E-state index contributed by atoms with van der Waals surface area (Å²) in [5.41, 5.74) is -0.662. The van der Waals surface area contributed by atoms with E-state index in [2.05, 4.69) is 0 Å². The second kappa shape index (κ2) is 6.24. The third kappa shape index (κ3) is 3.04. The van der Waals surface area contributed by atoms with Gasteiger partial charge in [0.2, 0.25) is 0 Å². The molecule has 0 saturated carbocycles. The van der Waals surface area contributed by atoms with Gasteiger partial charge in [-0.3, -0.25) is 9.36 Å². The standard InChI is InChI=1S/C10H16N2O4/c1-2-11-4-3-9(14)12(10(11)15)5-7-16-8-6-13/h3-4,13H,2,5-8H2,1H3. The van der Waals surface area contributed by atoms with Gasteiger partial charge in [-0.25, -0.2) is 4.79 Å². The maximum atomic E-state index is 11.7. The fourth-order valence-electron chi connectivity index (χ4n) is 1.33. The van der Waals surface area contributed by atoms with Gasteiger partial charge in [0.1, 0.15) is 0 Å². The van der Waals surface area contributed by atoms with E-state index in [1.807, 2.05) is 6.92 Å². The highest BCUT2D eigenvalue weighted by molar-refractivity contribution is 4.86. The minimum atomic E-state index is -0.331. The molecular weight excluding hydrogens is 212 g/mol. The zero-order chi connectivity index (χ0) is 12.0. The second-order valence-electron chi connectivity index (χ2n) is 3.21. The molecule has 0 saturated heterocycles. The number of aliphatic hydroxyl groups is 1. The predicted molar refractivity (Wildman–Crippen MR) is 58.5 cm³/mol. The van der Waals surface area contributed by atoms with Crippen LogP contribution in [0.4, 0.5) is 0 Å². The Morgan fingerprint density at radius 3 is 2.75 bits per heavy atom. The summed E-state index contributed by atoms with van der Waals surface area (Å²) in [5.74, 6) is 0. The van der Waals surface area contributed by atoms with Gasteiger partial charge in [0, 0.05) is 18.8 Å². The summed E-state index contributed by atoms with van der Waals surface area (Å²) in [6.45, 7) is 2.95. The molecule has 90 valence electrons. The maximum absolute atomic E-state index is 11.7. The van der Waals surface area contributed by atoms with Crippen molar-refractivity contribution in [2.24, 2.45) is 0 Å². The summed E-state index contributed by atoms with van der Waals surface area (Å²) in [6.07, 6.45) is 1.48. The van der Waals surface area contributed by atoms with Crippen molar-refractivity contribution < 1.29 is 9.84 Å². The second-order valence-corrected chi connectivity index (χ2v) is 3.21. The highest BCUT2D eigenvalue weighted by atomic mass is 16.5. The first-order chi connectivity index (χ1) is 7.70. The highest BCUT2D eigenvalue weighted by Gasteiger charge is 2.03. The van der Waals surface area contributed by atoms with Crippen molar-refractivity contribution in [1.82, 2.24) is 9.13 Å². The third-order valence-electron chi connectivity index (χ3n) is 2.18. The molecule has 0 bridgehead atoms. The van der Waals surface area contributed by atoms with E-state index in [4.69, 9.17) is 9.84 Å². The molecule has 0 aromatic carbocycles. The number of aromatic nitrogens is 2. The molecule has 0 aliphatic heterocycles. The van der Waals surface area contributed by atoms with Crippen molar-refractivity contribution in [2.75, 3.05) is 19.8 Å². The molecule has 0 unspecified atom stereocenters. The Balaban J connectivity index is 2.78. The van der Waals surface area contributed by atoms with E-state index in [1.54, 1.807) is 0 Å². The molecule has 16 heavy (non-hydrogen) atoms. The molecule has 1 aromatic rings. The van der Waals surface area contributed by atoms with Gasteiger partial charge in [-0.2, -0.15) is 0 Å². The molecule has 6 nitrogen and oxygen atoms in total. The number of nitrogens with zero attached hydrogens (tertiary/aromatic N) is 2. The molecule has 0 radical (unpaired) electrons. The number of aryl methyl sites for hydroxylation is 1. The number of ether oxygens (including phenoxy) is 1. The first kappa shape index (κ1) is 12.7. The number of aliphatic hydroxyl groups excluding tert-OH is 1. The summed E-state index contributed by atoms with van der Waals surface area (Å²) in [6, 6.07) is 1.36. The average molecular weight is 228 g/mol. The Hall–Kier alpha value is -1.40.